The number of carbonyl (C=O) groups is 2. The zero-order chi connectivity index (χ0) is 21.6. The molecular formula is C20H25ClN4O5. The van der Waals surface area contributed by atoms with Crippen molar-refractivity contribution in [3.05, 3.63) is 17.2 Å². The average Bonchev–Trinajstić information content (AvgIpc) is 3.25. The maximum Gasteiger partial charge on any atom is 0.414 e. The number of carbonyl (C=O) groups excluding carboxylic acids is 2. The second-order valence-corrected chi connectivity index (χ2v) is 8.94. The number of rotatable bonds is 2. The molecule has 0 bridgehead atoms. The molecule has 2 saturated heterocycles. The topological polar surface area (TPSA) is 88.4 Å². The number of hydrogen-bond acceptors (Lipinski definition) is 7. The van der Waals surface area contributed by atoms with Gasteiger partial charge in [0.25, 0.3) is 6.01 Å². The van der Waals surface area contributed by atoms with Gasteiger partial charge in [-0.05, 0) is 39.8 Å². The van der Waals surface area contributed by atoms with Crippen molar-refractivity contribution in [3.8, 4) is 0 Å². The predicted octanol–water partition coefficient (Wildman–Crippen LogP) is 3.88. The van der Waals surface area contributed by atoms with Crippen molar-refractivity contribution in [2.24, 2.45) is 0 Å². The Labute approximate surface area is 179 Å². The predicted molar refractivity (Wildman–Crippen MR) is 112 cm³/mol. The molecule has 0 aliphatic carbocycles. The molecule has 0 saturated carbocycles. The fraction of sp³-hybridized carbons (Fsp3) is 0.550. The Morgan fingerprint density at radius 3 is 2.67 bits per heavy atom. The van der Waals surface area contributed by atoms with Crippen molar-refractivity contribution in [2.45, 2.75) is 39.3 Å². The minimum Gasteiger partial charge on any atom is -0.447 e. The zero-order valence-corrected chi connectivity index (χ0v) is 18.2. The van der Waals surface area contributed by atoms with Gasteiger partial charge in [-0.25, -0.2) is 9.59 Å². The zero-order valence-electron chi connectivity index (χ0n) is 17.5. The van der Waals surface area contributed by atoms with Gasteiger partial charge in [-0.2, -0.15) is 4.98 Å². The van der Waals surface area contributed by atoms with Crippen LogP contribution in [0, 0.1) is 0 Å². The Morgan fingerprint density at radius 2 is 2.03 bits per heavy atom. The summed E-state index contributed by atoms with van der Waals surface area (Å²) in [6.45, 7) is 9.81. The lowest BCUT2D eigenvalue weighted by Gasteiger charge is -2.39. The van der Waals surface area contributed by atoms with E-state index in [1.54, 1.807) is 17.0 Å². The van der Waals surface area contributed by atoms with Gasteiger partial charge in [-0.3, -0.25) is 4.90 Å². The maximum atomic E-state index is 12.4. The van der Waals surface area contributed by atoms with Crippen LogP contribution in [0.5, 0.6) is 0 Å². The third-order valence-corrected chi connectivity index (χ3v) is 5.22. The Morgan fingerprint density at radius 1 is 1.27 bits per heavy atom. The van der Waals surface area contributed by atoms with Gasteiger partial charge in [-0.15, -0.1) is 0 Å². The van der Waals surface area contributed by atoms with E-state index in [1.165, 1.54) is 4.90 Å². The molecule has 2 amide bonds. The molecule has 2 aliphatic heterocycles. The molecule has 2 fully saturated rings. The van der Waals surface area contributed by atoms with Crippen molar-refractivity contribution >= 4 is 46.6 Å². The van der Waals surface area contributed by atoms with Gasteiger partial charge < -0.3 is 23.7 Å². The average molecular weight is 437 g/mol. The molecule has 2 aliphatic rings. The van der Waals surface area contributed by atoms with Crippen LogP contribution >= 0.6 is 11.6 Å². The molecule has 1 atom stereocenters. The first kappa shape index (κ1) is 20.6. The van der Waals surface area contributed by atoms with Gasteiger partial charge in [0, 0.05) is 30.7 Å². The summed E-state index contributed by atoms with van der Waals surface area (Å²) < 4.78 is 16.6. The van der Waals surface area contributed by atoms with E-state index >= 15 is 0 Å². The van der Waals surface area contributed by atoms with Crippen LogP contribution in [-0.2, 0) is 9.47 Å². The first-order valence-electron chi connectivity index (χ1n) is 9.91. The molecule has 2 aromatic rings. The summed E-state index contributed by atoms with van der Waals surface area (Å²) in [4.78, 5) is 34.2. The number of cyclic esters (lactones) is 1. The molecule has 3 heterocycles. The van der Waals surface area contributed by atoms with Crippen molar-refractivity contribution in [2.75, 3.05) is 42.6 Å². The van der Waals surface area contributed by atoms with Gasteiger partial charge in [0.2, 0.25) is 0 Å². The van der Waals surface area contributed by atoms with Crippen LogP contribution in [0.3, 0.4) is 0 Å². The summed E-state index contributed by atoms with van der Waals surface area (Å²) in [6.07, 6.45) is -0.760. The smallest absolute Gasteiger partial charge is 0.414 e. The van der Waals surface area contributed by atoms with Crippen LogP contribution in [0.25, 0.3) is 11.1 Å². The Hall–Kier alpha value is -2.68. The molecule has 0 radical (unpaired) electrons. The van der Waals surface area contributed by atoms with E-state index in [1.807, 2.05) is 32.6 Å². The second-order valence-electron chi connectivity index (χ2n) is 8.50. The SMILES string of the molecule is CC1CN(C(=O)OC(C)(C)C)CCN1c1nc2cc(Cl)cc(N3CCOC3=O)c2o1. The third kappa shape index (κ3) is 3.98. The molecule has 4 rings (SSSR count). The van der Waals surface area contributed by atoms with Crippen LogP contribution in [0.1, 0.15) is 27.7 Å². The fourth-order valence-electron chi connectivity index (χ4n) is 3.64. The van der Waals surface area contributed by atoms with Crippen LogP contribution in [0.4, 0.5) is 21.3 Å². The highest BCUT2D eigenvalue weighted by molar-refractivity contribution is 6.32. The number of oxazole rings is 1. The summed E-state index contributed by atoms with van der Waals surface area (Å²) in [5.74, 6) is 0. The summed E-state index contributed by atoms with van der Waals surface area (Å²) >= 11 is 6.25. The van der Waals surface area contributed by atoms with Crippen LogP contribution in [-0.4, -0.2) is 66.5 Å². The number of nitrogens with zero attached hydrogens (tertiary/aromatic N) is 4. The highest BCUT2D eigenvalue weighted by atomic mass is 35.5. The monoisotopic (exact) mass is 436 g/mol. The molecule has 162 valence electrons. The van der Waals surface area contributed by atoms with Gasteiger partial charge >= 0.3 is 12.2 Å². The quantitative estimate of drug-likeness (QED) is 0.705. The number of anilines is 2. The molecule has 1 aromatic carbocycles. The van der Waals surface area contributed by atoms with Gasteiger partial charge in [0.15, 0.2) is 5.58 Å². The maximum absolute atomic E-state index is 12.4. The second kappa shape index (κ2) is 7.54. The number of piperazine rings is 1. The van der Waals surface area contributed by atoms with Crippen molar-refractivity contribution in [1.82, 2.24) is 9.88 Å². The number of halogens is 1. The molecule has 1 aromatic heterocycles. The summed E-state index contributed by atoms with van der Waals surface area (Å²) in [7, 11) is 0. The van der Waals surface area contributed by atoms with E-state index in [0.29, 0.717) is 60.6 Å². The normalized spacial score (nSPS) is 20.1. The Bertz CT molecular complexity index is 985. The minimum atomic E-state index is -0.538. The van der Waals surface area contributed by atoms with Gasteiger partial charge in [0.05, 0.1) is 12.2 Å². The Balaban J connectivity index is 1.57. The number of aromatic nitrogens is 1. The van der Waals surface area contributed by atoms with Crippen LogP contribution in [0.15, 0.2) is 16.5 Å². The number of hydrogen-bond donors (Lipinski definition) is 0. The highest BCUT2D eigenvalue weighted by Crippen LogP contribution is 2.36. The lowest BCUT2D eigenvalue weighted by atomic mass is 10.2. The molecule has 9 nitrogen and oxygen atoms in total. The van der Waals surface area contributed by atoms with Gasteiger partial charge in [-0.1, -0.05) is 11.6 Å². The van der Waals surface area contributed by atoms with Crippen molar-refractivity contribution in [3.63, 3.8) is 0 Å². The molecule has 1 unspecified atom stereocenters. The third-order valence-electron chi connectivity index (χ3n) is 5.00. The molecule has 10 heteroatoms. The van der Waals surface area contributed by atoms with E-state index in [-0.39, 0.29) is 12.1 Å². The Kier molecular flexibility index (Phi) is 5.17. The standard InChI is InChI=1S/C20H25ClN4O5/c1-12-11-23(18(26)30-20(2,3)4)5-6-24(12)17-22-14-9-13(21)10-15(16(14)29-17)25-7-8-28-19(25)27/h9-10,12H,5-8,11H2,1-4H3. The van der Waals surface area contributed by atoms with E-state index in [4.69, 9.17) is 25.5 Å². The number of fused-ring (bicyclic) bond motifs is 1. The van der Waals surface area contributed by atoms with Crippen LogP contribution in [0.2, 0.25) is 5.02 Å². The fourth-order valence-corrected chi connectivity index (χ4v) is 3.85. The molecule has 0 spiro atoms. The lowest BCUT2D eigenvalue weighted by molar-refractivity contribution is 0.0216. The van der Waals surface area contributed by atoms with E-state index in [2.05, 4.69) is 4.98 Å². The highest BCUT2D eigenvalue weighted by Gasteiger charge is 2.33. The summed E-state index contributed by atoms with van der Waals surface area (Å²) in [5, 5.41) is 0.458. The van der Waals surface area contributed by atoms with E-state index in [9.17, 15) is 9.59 Å². The first-order valence-corrected chi connectivity index (χ1v) is 10.3. The van der Waals surface area contributed by atoms with Crippen molar-refractivity contribution in [1.29, 1.82) is 0 Å². The molecule has 30 heavy (non-hydrogen) atoms. The number of ether oxygens (including phenoxy) is 2. The van der Waals surface area contributed by atoms with E-state index < -0.39 is 11.7 Å². The summed E-state index contributed by atoms with van der Waals surface area (Å²) in [5.41, 5.74) is 1.05. The number of benzene rings is 1. The van der Waals surface area contributed by atoms with E-state index in [0.717, 1.165) is 0 Å². The number of amides is 2. The molecular weight excluding hydrogens is 412 g/mol. The van der Waals surface area contributed by atoms with Crippen LogP contribution < -0.4 is 9.80 Å². The van der Waals surface area contributed by atoms with Gasteiger partial charge in [0.1, 0.15) is 17.7 Å². The first-order chi connectivity index (χ1) is 14.1. The lowest BCUT2D eigenvalue weighted by Crippen LogP contribution is -2.54. The van der Waals surface area contributed by atoms with Crippen molar-refractivity contribution < 1.29 is 23.5 Å². The minimum absolute atomic E-state index is 0.0324. The largest absolute Gasteiger partial charge is 0.447 e. The summed E-state index contributed by atoms with van der Waals surface area (Å²) in [6, 6.07) is 3.78. The molecule has 0 N–H and O–H groups in total.